The Morgan fingerprint density at radius 3 is 2.42 bits per heavy atom. The molecule has 0 bridgehead atoms. The highest BCUT2D eigenvalue weighted by molar-refractivity contribution is 5.97. The number of ether oxygens (including phenoxy) is 2. The lowest BCUT2D eigenvalue weighted by atomic mass is 10.0. The van der Waals surface area contributed by atoms with Crippen LogP contribution in [0.3, 0.4) is 0 Å². The standard InChI is InChI=1S/C30H34N4O6/c31-28(36)24-5-8-33(16-26(24)35)29(37)20-3-4-21-14-34(15-23(21)11-20)30(38)22-12-25(19-1-2-19)32-27(13-22)40-17-18-6-9-39-10-7-18/h3-4,11-13,18-19,35H,1-2,5-10,14-17H2,(H2,31,36)/p+1. The van der Waals surface area contributed by atoms with E-state index >= 15 is 0 Å². The van der Waals surface area contributed by atoms with E-state index in [1.54, 1.807) is 17.0 Å². The van der Waals surface area contributed by atoms with Gasteiger partial charge in [0, 0.05) is 68.1 Å². The fraction of sp³-hybridized carbons (Fsp3) is 0.467. The van der Waals surface area contributed by atoms with Crippen molar-refractivity contribution in [1.82, 2.24) is 14.8 Å². The summed E-state index contributed by atoms with van der Waals surface area (Å²) in [6.45, 7) is 3.27. The van der Waals surface area contributed by atoms with Crippen molar-refractivity contribution in [1.29, 1.82) is 0 Å². The van der Waals surface area contributed by atoms with Crippen LogP contribution in [0.15, 0.2) is 41.7 Å². The van der Waals surface area contributed by atoms with Crippen molar-refractivity contribution in [2.24, 2.45) is 5.92 Å². The molecule has 1 aromatic carbocycles. The molecule has 1 saturated heterocycles. The number of rotatable bonds is 7. The van der Waals surface area contributed by atoms with E-state index in [4.69, 9.17) is 14.5 Å². The van der Waals surface area contributed by atoms with Crippen LogP contribution in [-0.4, -0.2) is 70.5 Å². The molecule has 210 valence electrons. The summed E-state index contributed by atoms with van der Waals surface area (Å²) in [5.41, 5.74) is 7.57. The number of carbonyl (C=O) groups is 3. The molecule has 3 amide bonds. The van der Waals surface area contributed by atoms with Gasteiger partial charge in [0.1, 0.15) is 5.76 Å². The lowest BCUT2D eigenvalue weighted by Crippen LogP contribution is -2.59. The Labute approximate surface area is 232 Å². The Bertz CT molecular complexity index is 1380. The summed E-state index contributed by atoms with van der Waals surface area (Å²) < 4.78 is 11.5. The molecule has 1 aliphatic carbocycles. The molecule has 4 N–H and O–H groups in total. The van der Waals surface area contributed by atoms with Crippen molar-refractivity contribution in [3.05, 3.63) is 69.6 Å². The van der Waals surface area contributed by atoms with Gasteiger partial charge in [-0.2, -0.15) is 0 Å². The van der Waals surface area contributed by atoms with Crippen molar-refractivity contribution >= 4 is 17.7 Å². The molecule has 0 spiro atoms. The smallest absolute Gasteiger partial charge is 0.340 e. The van der Waals surface area contributed by atoms with Crippen molar-refractivity contribution in [2.75, 3.05) is 32.9 Å². The molecule has 10 nitrogen and oxygen atoms in total. The minimum atomic E-state index is -0.414. The highest BCUT2D eigenvalue weighted by atomic mass is 16.5. The normalized spacial score (nSPS) is 19.5. The van der Waals surface area contributed by atoms with Crippen molar-refractivity contribution < 1.29 is 34.7 Å². The molecule has 0 unspecified atom stereocenters. The molecule has 4 aliphatic rings. The van der Waals surface area contributed by atoms with Crippen LogP contribution in [0, 0.1) is 5.92 Å². The van der Waals surface area contributed by atoms with E-state index < -0.39 is 5.91 Å². The third-order valence-corrected chi connectivity index (χ3v) is 8.28. The highest BCUT2D eigenvalue weighted by Gasteiger charge is 2.31. The van der Waals surface area contributed by atoms with Crippen molar-refractivity contribution in [3.8, 4) is 5.88 Å². The van der Waals surface area contributed by atoms with E-state index in [0.29, 0.717) is 55.1 Å². The summed E-state index contributed by atoms with van der Waals surface area (Å²) in [5.74, 6) is 0.507. The van der Waals surface area contributed by atoms with Gasteiger partial charge in [0.05, 0.1) is 18.7 Å². The number of hydrogen-bond donors (Lipinski definition) is 2. The number of hydrogen-bond acceptors (Lipinski definition) is 7. The Morgan fingerprint density at radius 1 is 0.950 bits per heavy atom. The number of pyridine rings is 1. The SMILES string of the molecule is [NH3+]C(=O)C1=C(O)CN(C(=O)c2ccc3c(c2)CN(C(=O)c2cc(OCC4CCOCC4)nc(C4CC4)c2)C3)CC1. The van der Waals surface area contributed by atoms with Gasteiger partial charge < -0.3 is 24.4 Å². The lowest BCUT2D eigenvalue weighted by Gasteiger charge is -2.27. The van der Waals surface area contributed by atoms with E-state index in [-0.39, 0.29) is 36.1 Å². The number of aliphatic hydroxyl groups is 1. The molecular weight excluding hydrogens is 512 g/mol. The Hall–Kier alpha value is -3.76. The van der Waals surface area contributed by atoms with Gasteiger partial charge in [-0.1, -0.05) is 6.07 Å². The van der Waals surface area contributed by atoms with Crippen molar-refractivity contribution in [3.63, 3.8) is 0 Å². The lowest BCUT2D eigenvalue weighted by molar-refractivity contribution is -0.299. The van der Waals surface area contributed by atoms with Gasteiger partial charge in [0.2, 0.25) is 5.88 Å². The maximum atomic E-state index is 13.6. The first-order valence-corrected chi connectivity index (χ1v) is 14.1. The maximum absolute atomic E-state index is 13.6. The first kappa shape index (κ1) is 26.5. The van der Waals surface area contributed by atoms with Crippen molar-refractivity contribution in [2.45, 2.75) is 51.1 Å². The summed E-state index contributed by atoms with van der Waals surface area (Å²) in [6.07, 6.45) is 4.37. The first-order chi connectivity index (χ1) is 19.4. The molecule has 1 aromatic heterocycles. The second-order valence-corrected chi connectivity index (χ2v) is 11.2. The molecule has 40 heavy (non-hydrogen) atoms. The third kappa shape index (κ3) is 5.59. The monoisotopic (exact) mass is 547 g/mol. The summed E-state index contributed by atoms with van der Waals surface area (Å²) >= 11 is 0. The van der Waals surface area contributed by atoms with Crippen LogP contribution in [0.25, 0.3) is 0 Å². The predicted octanol–water partition coefficient (Wildman–Crippen LogP) is 2.35. The minimum Gasteiger partial charge on any atom is -0.510 e. The summed E-state index contributed by atoms with van der Waals surface area (Å²) in [5, 5.41) is 10.2. The summed E-state index contributed by atoms with van der Waals surface area (Å²) in [7, 11) is 0. The molecule has 2 aromatic rings. The molecule has 2 fully saturated rings. The Kier molecular flexibility index (Phi) is 7.29. The molecule has 1 saturated carbocycles. The number of nitrogens with zero attached hydrogens (tertiary/aromatic N) is 3. The quantitative estimate of drug-likeness (QED) is 0.543. The van der Waals surface area contributed by atoms with Crippen LogP contribution in [0.5, 0.6) is 5.88 Å². The molecule has 6 rings (SSSR count). The van der Waals surface area contributed by atoms with E-state index in [1.165, 1.54) is 4.90 Å². The minimum absolute atomic E-state index is 0.0125. The van der Waals surface area contributed by atoms with Gasteiger partial charge in [0.15, 0.2) is 0 Å². The number of quaternary nitrogens is 1. The predicted molar refractivity (Wildman–Crippen MR) is 143 cm³/mol. The van der Waals surface area contributed by atoms with Gasteiger partial charge in [-0.25, -0.2) is 9.78 Å². The number of aromatic nitrogens is 1. The molecule has 3 aliphatic heterocycles. The van der Waals surface area contributed by atoms with Crippen LogP contribution < -0.4 is 10.5 Å². The second-order valence-electron chi connectivity index (χ2n) is 11.2. The van der Waals surface area contributed by atoms with Gasteiger partial charge in [-0.3, -0.25) is 15.3 Å². The maximum Gasteiger partial charge on any atom is 0.340 e. The van der Waals surface area contributed by atoms with E-state index in [9.17, 15) is 19.5 Å². The summed E-state index contributed by atoms with van der Waals surface area (Å²) in [6, 6.07) is 9.15. The zero-order valence-corrected chi connectivity index (χ0v) is 22.6. The molecule has 0 atom stereocenters. The fourth-order valence-electron chi connectivity index (χ4n) is 5.68. The van der Waals surface area contributed by atoms with E-state index in [1.807, 2.05) is 18.2 Å². The molecular formula is C30H35N4O6+. The first-order valence-electron chi connectivity index (χ1n) is 14.1. The average molecular weight is 548 g/mol. The van der Waals surface area contributed by atoms with Crippen LogP contribution in [0.2, 0.25) is 0 Å². The third-order valence-electron chi connectivity index (χ3n) is 8.28. The molecule has 0 radical (unpaired) electrons. The molecule has 10 heteroatoms. The molecule has 4 heterocycles. The number of aliphatic hydroxyl groups excluding tert-OH is 1. The Balaban J connectivity index is 1.14. The van der Waals surface area contributed by atoms with Gasteiger partial charge in [0.25, 0.3) is 11.8 Å². The zero-order valence-electron chi connectivity index (χ0n) is 22.6. The van der Waals surface area contributed by atoms with E-state index in [0.717, 1.165) is 55.7 Å². The zero-order chi connectivity index (χ0) is 27.8. The number of fused-ring (bicyclic) bond motifs is 1. The fourth-order valence-corrected chi connectivity index (χ4v) is 5.68. The average Bonchev–Trinajstić information content (AvgIpc) is 3.74. The summed E-state index contributed by atoms with van der Waals surface area (Å²) in [4.78, 5) is 46.4. The van der Waals surface area contributed by atoms with Gasteiger partial charge in [-0.05, 0) is 60.9 Å². The largest absolute Gasteiger partial charge is 0.510 e. The number of carbonyl (C=O) groups excluding carboxylic acids is 3. The van der Waals surface area contributed by atoms with Crippen LogP contribution in [-0.2, 0) is 22.6 Å². The van der Waals surface area contributed by atoms with Gasteiger partial charge >= 0.3 is 5.91 Å². The Morgan fingerprint density at radius 2 is 1.70 bits per heavy atom. The van der Waals surface area contributed by atoms with Crippen LogP contribution >= 0.6 is 0 Å². The van der Waals surface area contributed by atoms with Crippen LogP contribution in [0.1, 0.15) is 75.6 Å². The number of amides is 3. The highest BCUT2D eigenvalue weighted by Crippen LogP contribution is 2.40. The second kappa shape index (κ2) is 11.0. The van der Waals surface area contributed by atoms with Crippen LogP contribution in [0.4, 0.5) is 0 Å². The van der Waals surface area contributed by atoms with Gasteiger partial charge in [-0.15, -0.1) is 0 Å². The van der Waals surface area contributed by atoms with E-state index in [2.05, 4.69) is 5.73 Å². The topological polar surface area (TPSA) is 137 Å². The number of benzene rings is 1.